The fourth-order valence-corrected chi connectivity index (χ4v) is 2.57. The molecule has 1 unspecified atom stereocenters. The van der Waals surface area contributed by atoms with Gasteiger partial charge in [-0.15, -0.1) is 0 Å². The summed E-state index contributed by atoms with van der Waals surface area (Å²) in [6, 6.07) is 15.4. The molecular formula is C18H18N4O3. The first kappa shape index (κ1) is 16.5. The van der Waals surface area contributed by atoms with Crippen LogP contribution in [0.25, 0.3) is 0 Å². The molecule has 0 saturated heterocycles. The fourth-order valence-electron chi connectivity index (χ4n) is 2.57. The number of rotatable bonds is 5. The van der Waals surface area contributed by atoms with Crippen LogP contribution in [0, 0.1) is 0 Å². The number of primary amides is 1. The standard InChI is InChI=1S/C18H18N4O3/c1-25-14-9-7-12(8-10-14)20-18(24)15-11-16(17(19)23)22(21-15)13-5-3-2-4-6-13/h2-10,16H,11H2,1H3,(H2,19,23)(H,20,24). The maximum Gasteiger partial charge on any atom is 0.271 e. The molecule has 128 valence electrons. The molecule has 0 radical (unpaired) electrons. The van der Waals surface area contributed by atoms with E-state index in [0.717, 1.165) is 0 Å². The van der Waals surface area contributed by atoms with E-state index in [9.17, 15) is 9.59 Å². The topological polar surface area (TPSA) is 97.0 Å². The number of para-hydroxylation sites is 1. The van der Waals surface area contributed by atoms with Gasteiger partial charge >= 0.3 is 0 Å². The monoisotopic (exact) mass is 338 g/mol. The van der Waals surface area contributed by atoms with E-state index in [1.54, 1.807) is 31.4 Å². The summed E-state index contributed by atoms with van der Waals surface area (Å²) in [7, 11) is 1.57. The van der Waals surface area contributed by atoms with Crippen molar-refractivity contribution in [3.63, 3.8) is 0 Å². The quantitative estimate of drug-likeness (QED) is 0.868. The summed E-state index contributed by atoms with van der Waals surface area (Å²) in [5, 5.41) is 8.56. The second-order valence-electron chi connectivity index (χ2n) is 5.53. The van der Waals surface area contributed by atoms with Crippen LogP contribution in [-0.4, -0.2) is 30.7 Å². The van der Waals surface area contributed by atoms with Gasteiger partial charge in [0.15, 0.2) is 0 Å². The van der Waals surface area contributed by atoms with Gasteiger partial charge < -0.3 is 15.8 Å². The molecule has 1 heterocycles. The van der Waals surface area contributed by atoms with Gasteiger partial charge in [0.25, 0.3) is 5.91 Å². The number of benzene rings is 2. The van der Waals surface area contributed by atoms with Crippen LogP contribution in [0.1, 0.15) is 6.42 Å². The molecule has 2 aromatic carbocycles. The molecule has 0 aliphatic carbocycles. The van der Waals surface area contributed by atoms with Crippen molar-refractivity contribution >= 4 is 28.9 Å². The lowest BCUT2D eigenvalue weighted by Gasteiger charge is -2.20. The van der Waals surface area contributed by atoms with Crippen molar-refractivity contribution in [2.24, 2.45) is 10.8 Å². The lowest BCUT2D eigenvalue weighted by molar-refractivity contribution is -0.119. The van der Waals surface area contributed by atoms with E-state index < -0.39 is 11.9 Å². The number of anilines is 2. The summed E-state index contributed by atoms with van der Waals surface area (Å²) in [6.45, 7) is 0. The van der Waals surface area contributed by atoms with E-state index in [2.05, 4.69) is 10.4 Å². The number of ether oxygens (including phenoxy) is 1. The Labute approximate surface area is 145 Å². The number of methoxy groups -OCH3 is 1. The summed E-state index contributed by atoms with van der Waals surface area (Å²) >= 11 is 0. The molecular weight excluding hydrogens is 320 g/mol. The van der Waals surface area contributed by atoms with Gasteiger partial charge in [0.05, 0.1) is 12.8 Å². The lowest BCUT2D eigenvalue weighted by Crippen LogP contribution is -2.39. The predicted molar refractivity (Wildman–Crippen MR) is 95.6 cm³/mol. The molecule has 2 amide bonds. The highest BCUT2D eigenvalue weighted by molar-refractivity contribution is 6.44. The third kappa shape index (κ3) is 3.60. The zero-order valence-electron chi connectivity index (χ0n) is 13.7. The first-order valence-corrected chi connectivity index (χ1v) is 7.75. The Balaban J connectivity index is 1.78. The molecule has 0 spiro atoms. The van der Waals surface area contributed by atoms with Gasteiger partial charge in [0.1, 0.15) is 17.5 Å². The first-order valence-electron chi connectivity index (χ1n) is 7.75. The van der Waals surface area contributed by atoms with Crippen LogP contribution in [0.2, 0.25) is 0 Å². The molecule has 0 saturated carbocycles. The molecule has 7 heteroatoms. The van der Waals surface area contributed by atoms with Gasteiger partial charge in [-0.25, -0.2) is 0 Å². The van der Waals surface area contributed by atoms with E-state index >= 15 is 0 Å². The average Bonchev–Trinajstić information content (AvgIpc) is 3.09. The minimum Gasteiger partial charge on any atom is -0.497 e. The van der Waals surface area contributed by atoms with Crippen LogP contribution in [-0.2, 0) is 9.59 Å². The van der Waals surface area contributed by atoms with Crippen LogP contribution < -0.4 is 20.8 Å². The summed E-state index contributed by atoms with van der Waals surface area (Å²) in [6.07, 6.45) is 0.159. The van der Waals surface area contributed by atoms with Crippen molar-refractivity contribution in [3.8, 4) is 5.75 Å². The number of nitrogens with two attached hydrogens (primary N) is 1. The van der Waals surface area contributed by atoms with Crippen molar-refractivity contribution in [3.05, 3.63) is 54.6 Å². The molecule has 0 bridgehead atoms. The minimum absolute atomic E-state index is 0.159. The first-order chi connectivity index (χ1) is 12.1. The Bertz CT molecular complexity index is 803. The van der Waals surface area contributed by atoms with Gasteiger partial charge in [-0.05, 0) is 36.4 Å². The summed E-state index contributed by atoms with van der Waals surface area (Å²) in [4.78, 5) is 24.2. The number of hydrazone groups is 1. The number of hydrogen-bond acceptors (Lipinski definition) is 5. The Morgan fingerprint density at radius 2 is 1.84 bits per heavy atom. The second kappa shape index (κ2) is 7.04. The molecule has 3 rings (SSSR count). The average molecular weight is 338 g/mol. The number of nitrogens with zero attached hydrogens (tertiary/aromatic N) is 2. The molecule has 25 heavy (non-hydrogen) atoms. The smallest absolute Gasteiger partial charge is 0.271 e. The number of nitrogens with one attached hydrogen (secondary N) is 1. The fraction of sp³-hybridized carbons (Fsp3) is 0.167. The molecule has 3 N–H and O–H groups in total. The zero-order chi connectivity index (χ0) is 17.8. The molecule has 1 atom stereocenters. The van der Waals surface area contributed by atoms with Gasteiger partial charge in [-0.3, -0.25) is 14.6 Å². The summed E-state index contributed by atoms with van der Waals surface area (Å²) in [5.41, 5.74) is 7.05. The number of amides is 2. The molecule has 0 fully saturated rings. The number of hydrogen-bond donors (Lipinski definition) is 2. The largest absolute Gasteiger partial charge is 0.497 e. The molecule has 1 aliphatic heterocycles. The van der Waals surface area contributed by atoms with Crippen molar-refractivity contribution in [1.82, 2.24) is 0 Å². The van der Waals surface area contributed by atoms with Crippen LogP contribution in [0.5, 0.6) is 5.75 Å². The van der Waals surface area contributed by atoms with Crippen molar-refractivity contribution < 1.29 is 14.3 Å². The Morgan fingerprint density at radius 1 is 1.16 bits per heavy atom. The Morgan fingerprint density at radius 3 is 2.44 bits per heavy atom. The Kier molecular flexibility index (Phi) is 4.65. The van der Waals surface area contributed by atoms with Crippen LogP contribution >= 0.6 is 0 Å². The minimum atomic E-state index is -0.681. The predicted octanol–water partition coefficient (Wildman–Crippen LogP) is 1.75. The van der Waals surface area contributed by atoms with Crippen LogP contribution in [0.4, 0.5) is 11.4 Å². The number of carbonyl (C=O) groups is 2. The SMILES string of the molecule is COc1ccc(NC(=O)C2=NN(c3ccccc3)C(C(N)=O)C2)cc1. The van der Waals surface area contributed by atoms with E-state index in [-0.39, 0.29) is 18.0 Å². The molecule has 0 aromatic heterocycles. The highest BCUT2D eigenvalue weighted by Crippen LogP contribution is 2.25. The highest BCUT2D eigenvalue weighted by atomic mass is 16.5. The van der Waals surface area contributed by atoms with Crippen LogP contribution in [0.15, 0.2) is 59.7 Å². The molecule has 7 nitrogen and oxygen atoms in total. The number of carbonyl (C=O) groups excluding carboxylic acids is 2. The highest BCUT2D eigenvalue weighted by Gasteiger charge is 2.34. The second-order valence-corrected chi connectivity index (χ2v) is 5.53. The van der Waals surface area contributed by atoms with E-state index in [1.807, 2.05) is 30.3 Å². The normalized spacial score (nSPS) is 16.3. The zero-order valence-corrected chi connectivity index (χ0v) is 13.7. The summed E-state index contributed by atoms with van der Waals surface area (Å²) in [5.74, 6) is -0.199. The molecule has 2 aromatic rings. The van der Waals surface area contributed by atoms with E-state index in [0.29, 0.717) is 17.1 Å². The third-order valence-corrected chi connectivity index (χ3v) is 3.87. The van der Waals surface area contributed by atoms with Crippen molar-refractivity contribution in [2.75, 3.05) is 17.4 Å². The van der Waals surface area contributed by atoms with Gasteiger partial charge in [0, 0.05) is 12.1 Å². The maximum absolute atomic E-state index is 12.5. The third-order valence-electron chi connectivity index (χ3n) is 3.87. The van der Waals surface area contributed by atoms with Crippen molar-refractivity contribution in [2.45, 2.75) is 12.5 Å². The van der Waals surface area contributed by atoms with E-state index in [4.69, 9.17) is 10.5 Å². The Hall–Kier alpha value is -3.35. The van der Waals surface area contributed by atoms with Gasteiger partial charge in [0.2, 0.25) is 5.91 Å². The van der Waals surface area contributed by atoms with Gasteiger partial charge in [-0.2, -0.15) is 5.10 Å². The summed E-state index contributed by atoms with van der Waals surface area (Å²) < 4.78 is 5.08. The molecule has 1 aliphatic rings. The van der Waals surface area contributed by atoms with E-state index in [1.165, 1.54) is 5.01 Å². The lowest BCUT2D eigenvalue weighted by atomic mass is 10.1. The van der Waals surface area contributed by atoms with Crippen LogP contribution in [0.3, 0.4) is 0 Å². The van der Waals surface area contributed by atoms with Gasteiger partial charge in [-0.1, -0.05) is 18.2 Å². The maximum atomic E-state index is 12.5. The van der Waals surface area contributed by atoms with Crippen molar-refractivity contribution in [1.29, 1.82) is 0 Å².